The third-order valence-corrected chi connectivity index (χ3v) is 4.00. The molecule has 0 radical (unpaired) electrons. The summed E-state index contributed by atoms with van der Waals surface area (Å²) in [6.07, 6.45) is 0.156. The molecule has 0 spiro atoms. The Hall–Kier alpha value is -2.34. The van der Waals surface area contributed by atoms with Crippen molar-refractivity contribution in [3.05, 3.63) is 53.4 Å². The van der Waals surface area contributed by atoms with Gasteiger partial charge in [0.2, 0.25) is 0 Å². The maximum absolute atomic E-state index is 12.0. The zero-order chi connectivity index (χ0) is 18.2. The van der Waals surface area contributed by atoms with Crippen molar-refractivity contribution in [1.29, 1.82) is 0 Å². The molecule has 2 rings (SSSR count). The van der Waals surface area contributed by atoms with Gasteiger partial charge in [-0.3, -0.25) is 0 Å². The van der Waals surface area contributed by atoms with Crippen molar-refractivity contribution < 1.29 is 14.4 Å². The molecule has 0 aliphatic heterocycles. The first kappa shape index (κ1) is 19.0. The molecule has 0 bridgehead atoms. The van der Waals surface area contributed by atoms with Gasteiger partial charge in [-0.15, -0.1) is 0 Å². The molecule has 2 unspecified atom stereocenters. The van der Waals surface area contributed by atoms with Crippen molar-refractivity contribution in [2.24, 2.45) is 0 Å². The third-order valence-electron chi connectivity index (χ3n) is 4.00. The minimum Gasteiger partial charge on any atom is -0.393 e. The number of nitrogens with one attached hydrogen (secondary N) is 2. The summed E-state index contributed by atoms with van der Waals surface area (Å²) in [7, 11) is 0. The predicted molar refractivity (Wildman–Crippen MR) is 96.3 cm³/mol. The minimum absolute atomic E-state index is 0.0600. The molecule has 1 aromatic heterocycles. The van der Waals surface area contributed by atoms with E-state index in [0.717, 1.165) is 11.3 Å². The third kappa shape index (κ3) is 6.23. The number of urea groups is 1. The van der Waals surface area contributed by atoms with Crippen LogP contribution in [0.5, 0.6) is 0 Å². The van der Waals surface area contributed by atoms with Crippen LogP contribution in [0.2, 0.25) is 0 Å². The monoisotopic (exact) mass is 345 g/mol. The van der Waals surface area contributed by atoms with E-state index in [-0.39, 0.29) is 18.5 Å². The van der Waals surface area contributed by atoms with Crippen LogP contribution in [0.4, 0.5) is 4.79 Å². The Bertz CT molecular complexity index is 653. The molecule has 0 saturated carbocycles. The van der Waals surface area contributed by atoms with Gasteiger partial charge in [0.15, 0.2) is 5.76 Å². The molecule has 6 nitrogen and oxygen atoms in total. The fraction of sp³-hybridized carbons (Fsp3) is 0.474. The first-order valence-corrected chi connectivity index (χ1v) is 8.66. The molecule has 2 aromatic rings. The van der Waals surface area contributed by atoms with Gasteiger partial charge in [-0.05, 0) is 24.8 Å². The first-order chi connectivity index (χ1) is 12.0. The fourth-order valence-corrected chi connectivity index (χ4v) is 2.60. The normalized spacial score (nSPS) is 13.5. The summed E-state index contributed by atoms with van der Waals surface area (Å²) in [5.41, 5.74) is 1.97. The van der Waals surface area contributed by atoms with E-state index in [2.05, 4.69) is 15.8 Å². The van der Waals surface area contributed by atoms with Crippen LogP contribution in [0.1, 0.15) is 56.0 Å². The molecular formula is C19H27N3O3. The summed E-state index contributed by atoms with van der Waals surface area (Å²) >= 11 is 0. The zero-order valence-electron chi connectivity index (χ0n) is 15.0. The van der Waals surface area contributed by atoms with Crippen LogP contribution < -0.4 is 10.6 Å². The Balaban J connectivity index is 1.83. The number of rotatable bonds is 8. The summed E-state index contributed by atoms with van der Waals surface area (Å²) in [6.45, 7) is 6.57. The molecule has 2 amide bonds. The summed E-state index contributed by atoms with van der Waals surface area (Å²) in [6, 6.07) is 11.5. The summed E-state index contributed by atoms with van der Waals surface area (Å²) in [4.78, 5) is 12.0. The van der Waals surface area contributed by atoms with Gasteiger partial charge in [-0.2, -0.15) is 0 Å². The summed E-state index contributed by atoms with van der Waals surface area (Å²) < 4.78 is 5.20. The highest BCUT2D eigenvalue weighted by atomic mass is 16.5. The number of aliphatic hydroxyl groups is 1. The van der Waals surface area contributed by atoms with Crippen molar-refractivity contribution in [3.63, 3.8) is 0 Å². The molecule has 136 valence electrons. The Labute approximate surface area is 148 Å². The Morgan fingerprint density at radius 2 is 1.92 bits per heavy atom. The van der Waals surface area contributed by atoms with Gasteiger partial charge >= 0.3 is 6.03 Å². The number of nitrogens with zero attached hydrogens (tertiary/aromatic N) is 1. The second-order valence-corrected chi connectivity index (χ2v) is 6.63. The van der Waals surface area contributed by atoms with Crippen molar-refractivity contribution >= 4 is 6.03 Å². The fourth-order valence-electron chi connectivity index (χ4n) is 2.60. The number of hydrogen-bond donors (Lipinski definition) is 3. The van der Waals surface area contributed by atoms with Gasteiger partial charge in [0.05, 0.1) is 18.3 Å². The highest BCUT2D eigenvalue weighted by molar-refractivity contribution is 5.73. The van der Waals surface area contributed by atoms with Crippen molar-refractivity contribution in [3.8, 4) is 0 Å². The number of carbonyl (C=O) groups excluding carboxylic acids is 1. The second-order valence-electron chi connectivity index (χ2n) is 6.63. The smallest absolute Gasteiger partial charge is 0.315 e. The number of aliphatic hydroxyl groups excluding tert-OH is 1. The van der Waals surface area contributed by atoms with E-state index >= 15 is 0 Å². The van der Waals surface area contributed by atoms with Gasteiger partial charge in [0.1, 0.15) is 0 Å². The first-order valence-electron chi connectivity index (χ1n) is 8.66. The van der Waals surface area contributed by atoms with Crippen LogP contribution in [0.3, 0.4) is 0 Å². The maximum atomic E-state index is 12.0. The molecule has 1 aromatic carbocycles. The van der Waals surface area contributed by atoms with Gasteiger partial charge in [-0.1, -0.05) is 49.3 Å². The molecule has 25 heavy (non-hydrogen) atoms. The van der Waals surface area contributed by atoms with E-state index in [9.17, 15) is 9.90 Å². The Kier molecular flexibility index (Phi) is 7.01. The van der Waals surface area contributed by atoms with Crippen LogP contribution in [-0.2, 0) is 6.54 Å². The molecule has 0 saturated heterocycles. The van der Waals surface area contributed by atoms with Crippen molar-refractivity contribution in [2.45, 2.75) is 51.7 Å². The van der Waals surface area contributed by atoms with Gasteiger partial charge in [0.25, 0.3) is 0 Å². The largest absolute Gasteiger partial charge is 0.393 e. The van der Waals surface area contributed by atoms with E-state index < -0.39 is 6.10 Å². The lowest BCUT2D eigenvalue weighted by atomic mass is 9.93. The Morgan fingerprint density at radius 1 is 1.20 bits per heavy atom. The Morgan fingerprint density at radius 3 is 2.52 bits per heavy atom. The molecular weight excluding hydrogens is 318 g/mol. The number of hydrogen-bond acceptors (Lipinski definition) is 4. The van der Waals surface area contributed by atoms with E-state index in [4.69, 9.17) is 4.52 Å². The number of carbonyl (C=O) groups is 1. The van der Waals surface area contributed by atoms with E-state index in [0.29, 0.717) is 24.6 Å². The van der Waals surface area contributed by atoms with E-state index in [1.54, 1.807) is 6.92 Å². The average Bonchev–Trinajstić information content (AvgIpc) is 3.06. The van der Waals surface area contributed by atoms with Gasteiger partial charge in [-0.25, -0.2) is 4.79 Å². The van der Waals surface area contributed by atoms with Crippen LogP contribution in [-0.4, -0.2) is 28.9 Å². The van der Waals surface area contributed by atoms with Crippen LogP contribution in [0, 0.1) is 0 Å². The highest BCUT2D eigenvalue weighted by Gasteiger charge is 2.15. The standard InChI is InChI=1S/C19H27N3O3/c1-13(2)18-10-17(25-22-18)12-21-19(24)20-11-16(9-14(3)23)15-7-5-4-6-8-15/h4-8,10,13-14,16,23H,9,11-12H2,1-3H3,(H2,20,21,24). The molecule has 3 N–H and O–H groups in total. The quantitative estimate of drug-likeness (QED) is 0.686. The average molecular weight is 345 g/mol. The van der Waals surface area contributed by atoms with Gasteiger partial charge < -0.3 is 20.3 Å². The second kappa shape index (κ2) is 9.22. The van der Waals surface area contributed by atoms with Crippen molar-refractivity contribution in [2.75, 3.05) is 6.54 Å². The topological polar surface area (TPSA) is 87.4 Å². The molecule has 0 fully saturated rings. The predicted octanol–water partition coefficient (Wildman–Crippen LogP) is 3.15. The van der Waals surface area contributed by atoms with E-state index in [1.165, 1.54) is 0 Å². The lowest BCUT2D eigenvalue weighted by molar-refractivity contribution is 0.173. The van der Waals surface area contributed by atoms with Crippen LogP contribution in [0.25, 0.3) is 0 Å². The number of amides is 2. The molecule has 0 aliphatic carbocycles. The lowest BCUT2D eigenvalue weighted by Gasteiger charge is -2.19. The number of benzene rings is 1. The molecule has 6 heteroatoms. The number of aromatic nitrogens is 1. The van der Waals surface area contributed by atoms with Crippen molar-refractivity contribution in [1.82, 2.24) is 15.8 Å². The molecule has 0 aliphatic rings. The lowest BCUT2D eigenvalue weighted by Crippen LogP contribution is -2.37. The summed E-state index contributed by atoms with van der Waals surface area (Å²) in [5.74, 6) is 0.977. The molecule has 1 heterocycles. The molecule has 2 atom stereocenters. The summed E-state index contributed by atoms with van der Waals surface area (Å²) in [5, 5.41) is 19.3. The van der Waals surface area contributed by atoms with Crippen LogP contribution in [0.15, 0.2) is 40.9 Å². The van der Waals surface area contributed by atoms with Crippen LogP contribution >= 0.6 is 0 Å². The maximum Gasteiger partial charge on any atom is 0.315 e. The zero-order valence-corrected chi connectivity index (χ0v) is 15.0. The van der Waals surface area contributed by atoms with Gasteiger partial charge in [0, 0.05) is 18.5 Å². The van der Waals surface area contributed by atoms with E-state index in [1.807, 2.05) is 50.2 Å². The highest BCUT2D eigenvalue weighted by Crippen LogP contribution is 2.20. The SMILES string of the molecule is CC(O)CC(CNC(=O)NCc1cc(C(C)C)no1)c1ccccc1. The minimum atomic E-state index is -0.432.